The van der Waals surface area contributed by atoms with Crippen LogP contribution in [0.3, 0.4) is 0 Å². The van der Waals surface area contributed by atoms with Crippen molar-refractivity contribution >= 4 is 45.0 Å². The second-order valence-electron chi connectivity index (χ2n) is 11.8. The number of fused-ring (bicyclic) bond motifs is 2. The van der Waals surface area contributed by atoms with Crippen LogP contribution in [0.1, 0.15) is 29.5 Å². The average Bonchev–Trinajstić information content (AvgIpc) is 3.15. The lowest BCUT2D eigenvalue weighted by Gasteiger charge is -2.26. The molecule has 0 saturated carbocycles. The summed E-state index contributed by atoms with van der Waals surface area (Å²) in [7, 11) is 0. The highest BCUT2D eigenvalue weighted by Gasteiger charge is 2.38. The smallest absolute Gasteiger partial charge is 0.475 e. The van der Waals surface area contributed by atoms with E-state index in [0.717, 1.165) is 38.2 Å². The number of alkyl halides is 3. The van der Waals surface area contributed by atoms with Crippen LogP contribution in [0.2, 0.25) is 0 Å². The summed E-state index contributed by atoms with van der Waals surface area (Å²) in [6, 6.07) is 43.5. The fourth-order valence-corrected chi connectivity index (χ4v) is 5.62. The van der Waals surface area contributed by atoms with Crippen molar-refractivity contribution in [1.29, 1.82) is 0 Å². The number of amides is 2. The number of halogens is 3. The van der Waals surface area contributed by atoms with Crippen LogP contribution in [0.4, 0.5) is 18.9 Å². The van der Waals surface area contributed by atoms with Gasteiger partial charge in [0.1, 0.15) is 5.75 Å². The summed E-state index contributed by atoms with van der Waals surface area (Å²) < 4.78 is 38.1. The SMILES string of the molecule is NCc1cccc(Oc2ccccc2N(Cc2cccc3ccccc23)C(=O)CCC(=O)NCc2cccc3ccccc23)c1.O=C(O)C(F)(F)F. The van der Waals surface area contributed by atoms with Crippen molar-refractivity contribution in [2.75, 3.05) is 4.90 Å². The van der Waals surface area contributed by atoms with Crippen LogP contribution in [0.5, 0.6) is 11.5 Å². The Morgan fingerprint density at radius 3 is 1.92 bits per heavy atom. The number of anilines is 1. The van der Waals surface area contributed by atoms with E-state index in [-0.39, 0.29) is 24.7 Å². The van der Waals surface area contributed by atoms with Crippen molar-refractivity contribution < 1.29 is 37.4 Å². The van der Waals surface area contributed by atoms with Crippen molar-refractivity contribution in [3.63, 3.8) is 0 Å². The lowest BCUT2D eigenvalue weighted by atomic mass is 10.0. The highest BCUT2D eigenvalue weighted by Crippen LogP contribution is 2.35. The number of rotatable bonds is 11. The molecule has 0 aliphatic rings. The molecular weight excluding hydrogens is 671 g/mol. The first-order valence-corrected chi connectivity index (χ1v) is 16.4. The van der Waals surface area contributed by atoms with E-state index in [9.17, 15) is 22.8 Å². The first kappa shape index (κ1) is 37.1. The molecule has 0 unspecified atom stereocenters. The molecule has 0 aliphatic heterocycles. The third kappa shape index (κ3) is 9.73. The number of nitrogens with one attached hydrogen (secondary N) is 1. The molecule has 0 atom stereocenters. The molecule has 0 radical (unpaired) electrons. The lowest BCUT2D eigenvalue weighted by molar-refractivity contribution is -0.192. The number of carbonyl (C=O) groups excluding carboxylic acids is 2. The molecule has 0 saturated heterocycles. The Labute approximate surface area is 298 Å². The number of hydrogen-bond acceptors (Lipinski definition) is 5. The van der Waals surface area contributed by atoms with Gasteiger partial charge in [-0.1, -0.05) is 109 Å². The van der Waals surface area contributed by atoms with Crippen LogP contribution < -0.4 is 20.7 Å². The molecular formula is C41H36F3N3O5. The van der Waals surface area contributed by atoms with Crippen LogP contribution >= 0.6 is 0 Å². The van der Waals surface area contributed by atoms with Gasteiger partial charge < -0.3 is 25.8 Å². The molecule has 0 aliphatic carbocycles. The van der Waals surface area contributed by atoms with Gasteiger partial charge in [-0.3, -0.25) is 9.59 Å². The lowest BCUT2D eigenvalue weighted by Crippen LogP contribution is -2.32. The number of benzene rings is 6. The van der Waals surface area contributed by atoms with Crippen LogP contribution in [-0.2, 0) is 34.0 Å². The predicted octanol–water partition coefficient (Wildman–Crippen LogP) is 8.51. The number of hydrogen-bond donors (Lipinski definition) is 3. The van der Waals surface area contributed by atoms with E-state index >= 15 is 0 Å². The number of carbonyl (C=O) groups is 3. The van der Waals surface area contributed by atoms with Gasteiger partial charge in [-0.2, -0.15) is 13.2 Å². The number of nitrogens with zero attached hydrogens (tertiary/aromatic N) is 1. The fraction of sp³-hybridized carbons (Fsp3) is 0.146. The molecule has 0 heterocycles. The van der Waals surface area contributed by atoms with Crippen LogP contribution in [0.25, 0.3) is 21.5 Å². The molecule has 0 spiro atoms. The topological polar surface area (TPSA) is 122 Å². The normalized spacial score (nSPS) is 11.0. The quantitative estimate of drug-likeness (QED) is 0.124. The van der Waals surface area contributed by atoms with E-state index in [0.29, 0.717) is 36.8 Å². The van der Waals surface area contributed by atoms with Crippen molar-refractivity contribution in [3.05, 3.63) is 150 Å². The number of ether oxygens (including phenoxy) is 1. The molecule has 52 heavy (non-hydrogen) atoms. The molecule has 11 heteroatoms. The van der Waals surface area contributed by atoms with Crippen LogP contribution in [0.15, 0.2) is 133 Å². The van der Waals surface area contributed by atoms with Crippen LogP contribution in [-0.4, -0.2) is 29.1 Å². The zero-order chi connectivity index (χ0) is 37.1. The first-order valence-electron chi connectivity index (χ1n) is 16.4. The minimum absolute atomic E-state index is 0.0448. The van der Waals surface area contributed by atoms with Gasteiger partial charge >= 0.3 is 12.1 Å². The zero-order valence-corrected chi connectivity index (χ0v) is 28.0. The van der Waals surface area contributed by atoms with Crippen molar-refractivity contribution in [2.24, 2.45) is 5.73 Å². The summed E-state index contributed by atoms with van der Waals surface area (Å²) in [4.78, 5) is 37.6. The molecule has 266 valence electrons. The Morgan fingerprint density at radius 1 is 0.712 bits per heavy atom. The molecule has 0 aromatic heterocycles. The number of aliphatic carboxylic acids is 1. The van der Waals surface area contributed by atoms with Gasteiger partial charge in [0.25, 0.3) is 0 Å². The monoisotopic (exact) mass is 707 g/mol. The number of para-hydroxylation sites is 2. The molecule has 6 aromatic rings. The molecule has 0 bridgehead atoms. The van der Waals surface area contributed by atoms with E-state index in [2.05, 4.69) is 41.7 Å². The summed E-state index contributed by atoms with van der Waals surface area (Å²) >= 11 is 0. The Kier molecular flexibility index (Phi) is 12.2. The first-order chi connectivity index (χ1) is 25.0. The van der Waals surface area contributed by atoms with Gasteiger partial charge in [0, 0.05) is 25.9 Å². The summed E-state index contributed by atoms with van der Waals surface area (Å²) in [6.45, 7) is 1.11. The molecule has 6 aromatic carbocycles. The standard InChI is InChI=1S/C39H35N3O3.C2HF3O2/c40-25-28-10-7-17-33(24-28)45-37-21-6-5-20-36(37)42(27-32-16-9-14-30-12-2-4-19-35(30)32)39(44)23-22-38(43)41-26-31-15-8-13-29-11-1-3-18-34(29)31;3-2(4,5)1(6)7/h1-21,24H,22-23,25-27,40H2,(H,41,43);(H,6,7). The minimum Gasteiger partial charge on any atom is -0.475 e. The summed E-state index contributed by atoms with van der Waals surface area (Å²) in [5, 5.41) is 14.5. The number of carboxylic acid groups (broad SMARTS) is 1. The minimum atomic E-state index is -5.08. The Morgan fingerprint density at radius 2 is 1.27 bits per heavy atom. The maximum Gasteiger partial charge on any atom is 0.490 e. The van der Waals surface area contributed by atoms with Gasteiger partial charge in [-0.05, 0) is 62.5 Å². The van der Waals surface area contributed by atoms with Gasteiger partial charge in [-0.15, -0.1) is 0 Å². The average molecular weight is 708 g/mol. The van der Waals surface area contributed by atoms with Gasteiger partial charge in [0.05, 0.1) is 12.2 Å². The van der Waals surface area contributed by atoms with Crippen molar-refractivity contribution in [2.45, 2.75) is 38.7 Å². The van der Waals surface area contributed by atoms with E-state index in [4.69, 9.17) is 20.4 Å². The molecule has 6 rings (SSSR count). The van der Waals surface area contributed by atoms with E-state index < -0.39 is 12.1 Å². The van der Waals surface area contributed by atoms with Crippen molar-refractivity contribution in [3.8, 4) is 11.5 Å². The fourth-order valence-electron chi connectivity index (χ4n) is 5.62. The zero-order valence-electron chi connectivity index (χ0n) is 28.0. The van der Waals surface area contributed by atoms with E-state index in [1.807, 2.05) is 97.1 Å². The Balaban J connectivity index is 0.000000679. The third-order valence-corrected chi connectivity index (χ3v) is 8.19. The Hall–Kier alpha value is -6.20. The summed E-state index contributed by atoms with van der Waals surface area (Å²) in [5.74, 6) is -1.93. The molecule has 0 fully saturated rings. The Bertz CT molecular complexity index is 2180. The highest BCUT2D eigenvalue weighted by atomic mass is 19.4. The van der Waals surface area contributed by atoms with Gasteiger partial charge in [-0.25, -0.2) is 4.79 Å². The number of nitrogens with two attached hydrogens (primary N) is 1. The summed E-state index contributed by atoms with van der Waals surface area (Å²) in [6.07, 6.45) is -4.97. The predicted molar refractivity (Wildman–Crippen MR) is 195 cm³/mol. The second kappa shape index (κ2) is 17.1. The maximum absolute atomic E-state index is 14.0. The maximum atomic E-state index is 14.0. The van der Waals surface area contributed by atoms with Crippen molar-refractivity contribution in [1.82, 2.24) is 5.32 Å². The molecule has 8 nitrogen and oxygen atoms in total. The largest absolute Gasteiger partial charge is 0.490 e. The third-order valence-electron chi connectivity index (χ3n) is 8.19. The number of carboxylic acids is 1. The van der Waals surface area contributed by atoms with Gasteiger partial charge in [0.15, 0.2) is 5.75 Å². The molecule has 2 amide bonds. The van der Waals surface area contributed by atoms with E-state index in [1.165, 1.54) is 0 Å². The molecule has 4 N–H and O–H groups in total. The van der Waals surface area contributed by atoms with Crippen LogP contribution in [0, 0.1) is 0 Å². The highest BCUT2D eigenvalue weighted by molar-refractivity contribution is 5.97. The second-order valence-corrected chi connectivity index (χ2v) is 11.8. The summed E-state index contributed by atoms with van der Waals surface area (Å²) in [5.41, 5.74) is 9.47. The van der Waals surface area contributed by atoms with E-state index in [1.54, 1.807) is 4.90 Å². The van der Waals surface area contributed by atoms with Gasteiger partial charge in [0.2, 0.25) is 11.8 Å².